The van der Waals surface area contributed by atoms with Crippen molar-refractivity contribution in [1.82, 2.24) is 10.6 Å². The number of carboxylic acids is 1. The summed E-state index contributed by atoms with van der Waals surface area (Å²) in [5.74, 6) is -1.54. The number of hydrogen-bond acceptors (Lipinski definition) is 5. The fourth-order valence-electron chi connectivity index (χ4n) is 1.69. The molecule has 1 aromatic carbocycles. The van der Waals surface area contributed by atoms with Crippen molar-refractivity contribution in [1.29, 1.82) is 0 Å². The van der Waals surface area contributed by atoms with Crippen LogP contribution in [0.5, 0.6) is 5.75 Å². The Kier molecular flexibility index (Phi) is 7.01. The van der Waals surface area contributed by atoms with Crippen LogP contribution in [0.4, 0.5) is 0 Å². The largest absolute Gasteiger partial charge is 0.497 e. The third kappa shape index (κ3) is 6.35. The highest BCUT2D eigenvalue weighted by Gasteiger charge is 2.21. The number of carboxylic acid groups (broad SMARTS) is 1. The Morgan fingerprint density at radius 3 is 2.39 bits per heavy atom. The number of nitrogens with two attached hydrogens (primary N) is 1. The highest BCUT2D eigenvalue weighted by atomic mass is 16.5. The van der Waals surface area contributed by atoms with Crippen LogP contribution in [-0.4, -0.2) is 42.1 Å². The minimum atomic E-state index is -1.17. The van der Waals surface area contributed by atoms with Gasteiger partial charge in [0.2, 0.25) is 11.8 Å². The van der Waals surface area contributed by atoms with Crippen LogP contribution in [0.1, 0.15) is 18.9 Å². The van der Waals surface area contributed by atoms with E-state index in [1.165, 1.54) is 6.92 Å². The first kappa shape index (κ1) is 18.4. The molecule has 5 N–H and O–H groups in total. The van der Waals surface area contributed by atoms with E-state index in [1.807, 2.05) is 0 Å². The van der Waals surface area contributed by atoms with Gasteiger partial charge in [-0.15, -0.1) is 0 Å². The molecule has 1 aromatic rings. The molecular weight excluding hydrogens is 302 g/mol. The lowest BCUT2D eigenvalue weighted by atomic mass is 10.1. The minimum absolute atomic E-state index is 0.228. The number of amides is 2. The molecule has 0 heterocycles. The number of aliphatic carboxylic acids is 1. The molecule has 0 aliphatic carbocycles. The number of carbonyl (C=O) groups excluding carboxylic acids is 2. The third-order valence-corrected chi connectivity index (χ3v) is 3.12. The number of methoxy groups -OCH3 is 1. The summed E-state index contributed by atoms with van der Waals surface area (Å²) in [6, 6.07) is 4.99. The van der Waals surface area contributed by atoms with E-state index in [2.05, 4.69) is 10.6 Å². The van der Waals surface area contributed by atoms with Gasteiger partial charge in [0.05, 0.1) is 19.6 Å². The van der Waals surface area contributed by atoms with Gasteiger partial charge in [-0.3, -0.25) is 14.4 Å². The van der Waals surface area contributed by atoms with Gasteiger partial charge >= 0.3 is 5.97 Å². The molecule has 2 atom stereocenters. The molecule has 2 amide bonds. The molecule has 0 spiro atoms. The van der Waals surface area contributed by atoms with Crippen LogP contribution in [-0.2, 0) is 20.9 Å². The monoisotopic (exact) mass is 323 g/mol. The predicted octanol–water partition coefficient (Wildman–Crippen LogP) is -0.382. The molecule has 0 aromatic heterocycles. The first-order chi connectivity index (χ1) is 10.8. The predicted molar refractivity (Wildman–Crippen MR) is 82.7 cm³/mol. The summed E-state index contributed by atoms with van der Waals surface area (Å²) in [7, 11) is 1.56. The fraction of sp³-hybridized carbons (Fsp3) is 0.400. The van der Waals surface area contributed by atoms with Crippen molar-refractivity contribution >= 4 is 17.8 Å². The highest BCUT2D eigenvalue weighted by molar-refractivity contribution is 5.90. The van der Waals surface area contributed by atoms with Gasteiger partial charge in [0.1, 0.15) is 11.8 Å². The second-order valence-electron chi connectivity index (χ2n) is 5.00. The van der Waals surface area contributed by atoms with E-state index in [4.69, 9.17) is 15.6 Å². The number of nitrogens with one attached hydrogen (secondary N) is 2. The lowest BCUT2D eigenvalue weighted by Crippen LogP contribution is -2.48. The van der Waals surface area contributed by atoms with Gasteiger partial charge < -0.3 is 26.2 Å². The summed E-state index contributed by atoms with van der Waals surface area (Å²) in [6.07, 6.45) is -0.228. The summed E-state index contributed by atoms with van der Waals surface area (Å²) >= 11 is 0. The Morgan fingerprint density at radius 1 is 1.26 bits per heavy atom. The van der Waals surface area contributed by atoms with E-state index < -0.39 is 29.9 Å². The molecule has 0 saturated carbocycles. The minimum Gasteiger partial charge on any atom is -0.497 e. The molecule has 0 fully saturated rings. The average molecular weight is 323 g/mol. The molecule has 1 rings (SSSR count). The normalized spacial score (nSPS) is 12.8. The van der Waals surface area contributed by atoms with Crippen LogP contribution in [0.2, 0.25) is 0 Å². The van der Waals surface area contributed by atoms with E-state index in [1.54, 1.807) is 31.4 Å². The van der Waals surface area contributed by atoms with Crippen molar-refractivity contribution in [2.75, 3.05) is 7.11 Å². The molecule has 0 aliphatic rings. The summed E-state index contributed by atoms with van der Waals surface area (Å²) in [4.78, 5) is 34.0. The van der Waals surface area contributed by atoms with Gasteiger partial charge in [0.25, 0.3) is 0 Å². The number of hydrogen-bond donors (Lipinski definition) is 4. The van der Waals surface area contributed by atoms with E-state index in [0.717, 1.165) is 5.56 Å². The second kappa shape index (κ2) is 8.74. The molecule has 0 radical (unpaired) electrons. The van der Waals surface area contributed by atoms with Crippen LogP contribution in [0, 0.1) is 0 Å². The molecule has 2 unspecified atom stereocenters. The first-order valence-electron chi connectivity index (χ1n) is 7.02. The Bertz CT molecular complexity index is 559. The maximum absolute atomic E-state index is 11.8. The number of ether oxygens (including phenoxy) is 1. The van der Waals surface area contributed by atoms with Crippen LogP contribution in [0.3, 0.4) is 0 Å². The van der Waals surface area contributed by atoms with Crippen molar-refractivity contribution in [3.8, 4) is 5.75 Å². The topological polar surface area (TPSA) is 131 Å². The van der Waals surface area contributed by atoms with Gasteiger partial charge in [0.15, 0.2) is 0 Å². The van der Waals surface area contributed by atoms with Gasteiger partial charge in [-0.25, -0.2) is 0 Å². The molecular formula is C15H21N3O5. The fourth-order valence-corrected chi connectivity index (χ4v) is 1.69. The van der Waals surface area contributed by atoms with E-state index in [-0.39, 0.29) is 6.42 Å². The molecule has 8 nitrogen and oxygen atoms in total. The van der Waals surface area contributed by atoms with Crippen LogP contribution >= 0.6 is 0 Å². The Balaban J connectivity index is 2.39. The van der Waals surface area contributed by atoms with Crippen molar-refractivity contribution < 1.29 is 24.2 Å². The van der Waals surface area contributed by atoms with Gasteiger partial charge in [-0.05, 0) is 24.6 Å². The average Bonchev–Trinajstić information content (AvgIpc) is 2.53. The molecule has 0 saturated heterocycles. The van der Waals surface area contributed by atoms with Gasteiger partial charge in [-0.1, -0.05) is 12.1 Å². The molecule has 0 aliphatic heterocycles. The lowest BCUT2D eigenvalue weighted by molar-refractivity contribution is -0.141. The lowest BCUT2D eigenvalue weighted by Gasteiger charge is -2.14. The third-order valence-electron chi connectivity index (χ3n) is 3.12. The van der Waals surface area contributed by atoms with Crippen molar-refractivity contribution in [3.63, 3.8) is 0 Å². The number of rotatable bonds is 8. The smallest absolute Gasteiger partial charge is 0.325 e. The molecule has 126 valence electrons. The number of benzene rings is 1. The summed E-state index contributed by atoms with van der Waals surface area (Å²) in [5.41, 5.74) is 6.46. The Labute approximate surface area is 134 Å². The van der Waals surface area contributed by atoms with Gasteiger partial charge in [0, 0.05) is 6.54 Å². The highest BCUT2D eigenvalue weighted by Crippen LogP contribution is 2.10. The van der Waals surface area contributed by atoms with Crippen LogP contribution < -0.4 is 21.1 Å². The summed E-state index contributed by atoms with van der Waals surface area (Å²) in [6.45, 7) is 1.61. The maximum Gasteiger partial charge on any atom is 0.325 e. The van der Waals surface area contributed by atoms with E-state index in [9.17, 15) is 14.4 Å². The number of carbonyl (C=O) groups is 3. The molecule has 8 heteroatoms. The molecule has 23 heavy (non-hydrogen) atoms. The zero-order chi connectivity index (χ0) is 17.4. The zero-order valence-electron chi connectivity index (χ0n) is 13.0. The van der Waals surface area contributed by atoms with Crippen LogP contribution in [0.25, 0.3) is 0 Å². The maximum atomic E-state index is 11.8. The SMILES string of the molecule is COc1ccc(CNC(=O)CC(N)C(=O)NC(C)C(=O)O)cc1. The quantitative estimate of drug-likeness (QED) is 0.516. The standard InChI is InChI=1S/C15H21N3O5/c1-9(15(21)22)18-14(20)12(16)7-13(19)17-8-10-3-5-11(23-2)6-4-10/h3-6,9,12H,7-8,16H2,1-2H3,(H,17,19)(H,18,20)(H,21,22). The second-order valence-corrected chi connectivity index (χ2v) is 5.00. The first-order valence-corrected chi connectivity index (χ1v) is 7.02. The van der Waals surface area contributed by atoms with E-state index in [0.29, 0.717) is 12.3 Å². The van der Waals surface area contributed by atoms with Crippen molar-refractivity contribution in [2.45, 2.75) is 32.0 Å². The van der Waals surface area contributed by atoms with Crippen molar-refractivity contribution in [3.05, 3.63) is 29.8 Å². The Hall–Kier alpha value is -2.61. The van der Waals surface area contributed by atoms with E-state index >= 15 is 0 Å². The van der Waals surface area contributed by atoms with Crippen LogP contribution in [0.15, 0.2) is 24.3 Å². The Morgan fingerprint density at radius 2 is 1.87 bits per heavy atom. The summed E-state index contributed by atoms with van der Waals surface area (Å²) < 4.78 is 5.03. The van der Waals surface area contributed by atoms with Crippen molar-refractivity contribution in [2.24, 2.45) is 5.73 Å². The van der Waals surface area contributed by atoms with Gasteiger partial charge in [-0.2, -0.15) is 0 Å². The zero-order valence-corrected chi connectivity index (χ0v) is 13.0. The summed E-state index contributed by atoms with van der Waals surface area (Å²) in [5, 5.41) is 13.6. The molecule has 0 bridgehead atoms.